The van der Waals surface area contributed by atoms with E-state index in [1.807, 2.05) is 16.7 Å². The molecule has 2 aliphatic heterocycles. The van der Waals surface area contributed by atoms with Crippen LogP contribution in [0.5, 0.6) is 0 Å². The van der Waals surface area contributed by atoms with Crippen molar-refractivity contribution in [3.63, 3.8) is 0 Å². The number of nitrogens with zero attached hydrogens (tertiary/aromatic N) is 4. The Labute approximate surface area is 154 Å². The van der Waals surface area contributed by atoms with Crippen LogP contribution in [0.25, 0.3) is 0 Å². The van der Waals surface area contributed by atoms with E-state index in [-0.39, 0.29) is 23.3 Å². The van der Waals surface area contributed by atoms with E-state index in [2.05, 4.69) is 34.3 Å². The molecule has 2 saturated heterocycles. The number of H-pyrrole nitrogens is 1. The van der Waals surface area contributed by atoms with E-state index < -0.39 is 0 Å². The van der Waals surface area contributed by atoms with Gasteiger partial charge in [-0.1, -0.05) is 13.8 Å². The molecule has 0 aromatic carbocycles. The number of urea groups is 1. The highest BCUT2D eigenvalue weighted by Crippen LogP contribution is 2.43. The molecule has 3 amide bonds. The number of rotatable bonds is 4. The molecular formula is C18H30N6O2. The van der Waals surface area contributed by atoms with E-state index in [0.717, 1.165) is 24.5 Å². The van der Waals surface area contributed by atoms with Crippen molar-refractivity contribution >= 4 is 11.9 Å². The molecule has 8 heteroatoms. The Bertz CT molecular complexity index is 672. The molecule has 2 N–H and O–H groups in total. The number of aryl methyl sites for hydroxylation is 1. The van der Waals surface area contributed by atoms with Gasteiger partial charge in [0.1, 0.15) is 5.82 Å². The van der Waals surface area contributed by atoms with E-state index in [1.54, 1.807) is 6.92 Å². The summed E-state index contributed by atoms with van der Waals surface area (Å²) >= 11 is 0. The Morgan fingerprint density at radius 3 is 2.69 bits per heavy atom. The molecule has 1 aromatic rings. The Morgan fingerprint density at radius 1 is 1.35 bits per heavy atom. The number of hydrogen-bond donors (Lipinski definition) is 2. The maximum absolute atomic E-state index is 12.5. The fourth-order valence-corrected chi connectivity index (χ4v) is 4.12. The van der Waals surface area contributed by atoms with Gasteiger partial charge in [0.15, 0.2) is 5.82 Å². The average Bonchev–Trinajstić information content (AvgIpc) is 3.18. The fraction of sp³-hybridized carbons (Fsp3) is 0.778. The average molecular weight is 362 g/mol. The molecule has 0 radical (unpaired) electrons. The first-order valence-electron chi connectivity index (χ1n) is 9.49. The predicted octanol–water partition coefficient (Wildman–Crippen LogP) is 1.29. The summed E-state index contributed by atoms with van der Waals surface area (Å²) in [6.07, 6.45) is 1.75. The van der Waals surface area contributed by atoms with Gasteiger partial charge in [-0.25, -0.2) is 9.78 Å². The molecular weight excluding hydrogens is 332 g/mol. The minimum absolute atomic E-state index is 0.00769. The SMILES string of the molecule is CC(=O)N1C[C@H]2CN(C(=O)NCCC(C)C)CC[C@@]2(c2n[nH]c(C)n2)C1. The third kappa shape index (κ3) is 3.54. The van der Waals surface area contributed by atoms with E-state index in [9.17, 15) is 9.59 Å². The first-order valence-corrected chi connectivity index (χ1v) is 9.49. The van der Waals surface area contributed by atoms with Crippen LogP contribution in [-0.4, -0.2) is 69.6 Å². The molecule has 1 aromatic heterocycles. The van der Waals surface area contributed by atoms with E-state index in [0.29, 0.717) is 38.6 Å². The number of piperidine rings is 1. The predicted molar refractivity (Wildman–Crippen MR) is 97.6 cm³/mol. The molecule has 0 bridgehead atoms. The number of carbonyl (C=O) groups excluding carboxylic acids is 2. The number of aromatic amines is 1. The Hall–Kier alpha value is -2.12. The molecule has 3 heterocycles. The van der Waals surface area contributed by atoms with Crippen LogP contribution in [0.3, 0.4) is 0 Å². The van der Waals surface area contributed by atoms with Gasteiger partial charge in [0.25, 0.3) is 0 Å². The van der Waals surface area contributed by atoms with Crippen LogP contribution < -0.4 is 5.32 Å². The zero-order valence-electron chi connectivity index (χ0n) is 16.2. The van der Waals surface area contributed by atoms with Crippen LogP contribution in [0.1, 0.15) is 45.3 Å². The second-order valence-corrected chi connectivity index (χ2v) is 8.11. The maximum atomic E-state index is 12.5. The summed E-state index contributed by atoms with van der Waals surface area (Å²) in [5.41, 5.74) is -0.259. The lowest BCUT2D eigenvalue weighted by Gasteiger charge is -2.41. The number of nitrogens with one attached hydrogen (secondary N) is 2. The number of aromatic nitrogens is 3. The second kappa shape index (κ2) is 7.25. The maximum Gasteiger partial charge on any atom is 0.317 e. The minimum atomic E-state index is -0.259. The summed E-state index contributed by atoms with van der Waals surface area (Å²) in [7, 11) is 0. The lowest BCUT2D eigenvalue weighted by molar-refractivity contribution is -0.128. The smallest absolute Gasteiger partial charge is 0.317 e. The first-order chi connectivity index (χ1) is 12.3. The molecule has 8 nitrogen and oxygen atoms in total. The number of hydrogen-bond acceptors (Lipinski definition) is 4. The van der Waals surface area contributed by atoms with Gasteiger partial charge in [-0.15, -0.1) is 0 Å². The van der Waals surface area contributed by atoms with Gasteiger partial charge in [-0.05, 0) is 25.7 Å². The van der Waals surface area contributed by atoms with E-state index in [1.165, 1.54) is 0 Å². The molecule has 3 rings (SSSR count). The summed E-state index contributed by atoms with van der Waals surface area (Å²) in [6.45, 7) is 11.1. The number of fused-ring (bicyclic) bond motifs is 1. The van der Waals surface area contributed by atoms with Crippen LogP contribution in [-0.2, 0) is 10.2 Å². The molecule has 2 aliphatic rings. The van der Waals surface area contributed by atoms with E-state index >= 15 is 0 Å². The van der Waals surface area contributed by atoms with Crippen LogP contribution in [0.15, 0.2) is 0 Å². The van der Waals surface area contributed by atoms with Crippen molar-refractivity contribution in [2.75, 3.05) is 32.7 Å². The molecule has 2 fully saturated rings. The van der Waals surface area contributed by atoms with Crippen molar-refractivity contribution in [1.82, 2.24) is 30.3 Å². The fourth-order valence-electron chi connectivity index (χ4n) is 4.12. The standard InChI is InChI=1S/C18H30N6O2/c1-12(2)5-7-19-17(26)23-8-6-18(16-20-13(3)21-22-16)11-24(14(4)25)10-15(18)9-23/h12,15H,5-11H2,1-4H3,(H,19,26)(H,20,21,22)/t15-,18-/m1/s1. The normalized spacial score (nSPS) is 25.5. The molecule has 0 aliphatic carbocycles. The highest BCUT2D eigenvalue weighted by atomic mass is 16.2. The lowest BCUT2D eigenvalue weighted by atomic mass is 9.72. The van der Waals surface area contributed by atoms with Crippen molar-refractivity contribution in [1.29, 1.82) is 0 Å². The number of likely N-dealkylation sites (tertiary alicyclic amines) is 2. The zero-order chi connectivity index (χ0) is 18.9. The summed E-state index contributed by atoms with van der Waals surface area (Å²) in [5.74, 6) is 2.36. The van der Waals surface area contributed by atoms with Crippen LogP contribution in [0, 0.1) is 18.8 Å². The van der Waals surface area contributed by atoms with Crippen molar-refractivity contribution in [2.24, 2.45) is 11.8 Å². The van der Waals surface area contributed by atoms with Gasteiger partial charge in [0.2, 0.25) is 5.91 Å². The van der Waals surface area contributed by atoms with Crippen molar-refractivity contribution in [3.05, 3.63) is 11.6 Å². The van der Waals surface area contributed by atoms with Crippen LogP contribution in [0.4, 0.5) is 4.79 Å². The van der Waals surface area contributed by atoms with E-state index in [4.69, 9.17) is 0 Å². The first kappa shape index (κ1) is 18.7. The third-order valence-electron chi connectivity index (χ3n) is 5.74. The summed E-state index contributed by atoms with van der Waals surface area (Å²) < 4.78 is 0. The molecule has 144 valence electrons. The van der Waals surface area contributed by atoms with Crippen LogP contribution in [0.2, 0.25) is 0 Å². The largest absolute Gasteiger partial charge is 0.342 e. The van der Waals surface area contributed by atoms with Crippen molar-refractivity contribution < 1.29 is 9.59 Å². The quantitative estimate of drug-likeness (QED) is 0.844. The topological polar surface area (TPSA) is 94.2 Å². The highest BCUT2D eigenvalue weighted by molar-refractivity contribution is 5.75. The van der Waals surface area contributed by atoms with Gasteiger partial charge < -0.3 is 15.1 Å². The molecule has 26 heavy (non-hydrogen) atoms. The summed E-state index contributed by atoms with van der Waals surface area (Å²) in [4.78, 5) is 32.8. The van der Waals surface area contributed by atoms with Gasteiger partial charge >= 0.3 is 6.03 Å². The zero-order valence-corrected chi connectivity index (χ0v) is 16.2. The second-order valence-electron chi connectivity index (χ2n) is 8.11. The number of carbonyl (C=O) groups is 2. The van der Waals surface area contributed by atoms with Gasteiger partial charge in [-0.2, -0.15) is 5.10 Å². The van der Waals surface area contributed by atoms with Gasteiger partial charge in [0.05, 0.1) is 5.41 Å². The van der Waals surface area contributed by atoms with Crippen molar-refractivity contribution in [2.45, 2.75) is 46.0 Å². The Morgan fingerprint density at radius 2 is 2.08 bits per heavy atom. The minimum Gasteiger partial charge on any atom is -0.342 e. The molecule has 0 unspecified atom stereocenters. The summed E-state index contributed by atoms with van der Waals surface area (Å²) in [5, 5.41) is 10.4. The van der Waals surface area contributed by atoms with Gasteiger partial charge in [-0.3, -0.25) is 9.89 Å². The van der Waals surface area contributed by atoms with Gasteiger partial charge in [0, 0.05) is 45.6 Å². The summed E-state index contributed by atoms with van der Waals surface area (Å²) in [6, 6.07) is -0.00769. The highest BCUT2D eigenvalue weighted by Gasteiger charge is 2.54. The third-order valence-corrected chi connectivity index (χ3v) is 5.74. The molecule has 0 saturated carbocycles. The lowest BCUT2D eigenvalue weighted by Crippen LogP contribution is -2.54. The Kier molecular flexibility index (Phi) is 5.20. The van der Waals surface area contributed by atoms with Crippen molar-refractivity contribution in [3.8, 4) is 0 Å². The monoisotopic (exact) mass is 362 g/mol. The van der Waals surface area contributed by atoms with Crippen LogP contribution >= 0.6 is 0 Å². The number of amides is 3. The molecule has 2 atom stereocenters. The molecule has 0 spiro atoms. The Balaban J connectivity index is 1.73.